The van der Waals surface area contributed by atoms with E-state index in [0.717, 1.165) is 5.56 Å². The molecule has 0 fully saturated rings. The molecule has 0 bridgehead atoms. The van der Waals surface area contributed by atoms with Gasteiger partial charge in [-0.2, -0.15) is 5.26 Å². The standard InChI is InChI=1S/C15H20N2O3/c1-4-15(5-2,14(18)19)17-10-11-6-7-12(9-16)13(8-11)20-3/h6-8,17H,4-5,10H2,1-3H3,(H,18,19). The Hall–Kier alpha value is -2.06. The first kappa shape index (κ1) is 16.0. The first-order chi connectivity index (χ1) is 9.52. The zero-order chi connectivity index (χ0) is 15.2. The lowest BCUT2D eigenvalue weighted by molar-refractivity contribution is -0.145. The Bertz CT molecular complexity index is 516. The van der Waals surface area contributed by atoms with Crippen molar-refractivity contribution >= 4 is 5.97 Å². The van der Waals surface area contributed by atoms with Crippen molar-refractivity contribution < 1.29 is 14.6 Å². The van der Waals surface area contributed by atoms with Crippen LogP contribution < -0.4 is 10.1 Å². The van der Waals surface area contributed by atoms with Crippen LogP contribution in [-0.4, -0.2) is 23.7 Å². The zero-order valence-electron chi connectivity index (χ0n) is 12.1. The number of carboxylic acids is 1. The summed E-state index contributed by atoms with van der Waals surface area (Å²) < 4.78 is 5.14. The van der Waals surface area contributed by atoms with E-state index in [1.807, 2.05) is 19.9 Å². The molecule has 0 spiro atoms. The number of nitriles is 1. The van der Waals surface area contributed by atoms with Crippen LogP contribution in [0.2, 0.25) is 0 Å². The first-order valence-corrected chi connectivity index (χ1v) is 6.58. The van der Waals surface area contributed by atoms with Crippen LogP contribution in [0.25, 0.3) is 0 Å². The van der Waals surface area contributed by atoms with Gasteiger partial charge in [-0.25, -0.2) is 0 Å². The van der Waals surface area contributed by atoms with Gasteiger partial charge < -0.3 is 9.84 Å². The molecule has 0 heterocycles. The average molecular weight is 276 g/mol. The fourth-order valence-corrected chi connectivity index (χ4v) is 2.09. The number of carbonyl (C=O) groups is 1. The smallest absolute Gasteiger partial charge is 0.323 e. The van der Waals surface area contributed by atoms with Gasteiger partial charge in [0.1, 0.15) is 17.4 Å². The summed E-state index contributed by atoms with van der Waals surface area (Å²) in [5.41, 5.74) is 0.432. The predicted octanol–water partition coefficient (Wildman–Crippen LogP) is 2.30. The van der Waals surface area contributed by atoms with E-state index in [0.29, 0.717) is 30.7 Å². The van der Waals surface area contributed by atoms with Gasteiger partial charge in [0, 0.05) is 6.54 Å². The molecule has 5 nitrogen and oxygen atoms in total. The molecule has 1 aromatic carbocycles. The number of hydrogen-bond donors (Lipinski definition) is 2. The van der Waals surface area contributed by atoms with Gasteiger partial charge in [-0.1, -0.05) is 19.9 Å². The molecule has 0 aliphatic carbocycles. The molecule has 20 heavy (non-hydrogen) atoms. The van der Waals surface area contributed by atoms with Gasteiger partial charge in [0.25, 0.3) is 0 Å². The van der Waals surface area contributed by atoms with E-state index >= 15 is 0 Å². The molecular weight excluding hydrogens is 256 g/mol. The molecule has 0 saturated heterocycles. The summed E-state index contributed by atoms with van der Waals surface area (Å²) in [5, 5.41) is 21.4. The predicted molar refractivity (Wildman–Crippen MR) is 75.5 cm³/mol. The van der Waals surface area contributed by atoms with Crippen LogP contribution in [0, 0.1) is 11.3 Å². The summed E-state index contributed by atoms with van der Waals surface area (Å²) in [4.78, 5) is 11.4. The number of aliphatic carboxylic acids is 1. The lowest BCUT2D eigenvalue weighted by atomic mass is 9.92. The average Bonchev–Trinajstić information content (AvgIpc) is 2.48. The third kappa shape index (κ3) is 3.28. The fraction of sp³-hybridized carbons (Fsp3) is 0.467. The van der Waals surface area contributed by atoms with E-state index in [-0.39, 0.29) is 0 Å². The van der Waals surface area contributed by atoms with Gasteiger partial charge in [-0.05, 0) is 30.5 Å². The van der Waals surface area contributed by atoms with Crippen LogP contribution in [0.5, 0.6) is 5.75 Å². The molecule has 5 heteroatoms. The van der Waals surface area contributed by atoms with Gasteiger partial charge in [0.05, 0.1) is 12.7 Å². The molecule has 1 aromatic rings. The van der Waals surface area contributed by atoms with Gasteiger partial charge in [-0.15, -0.1) is 0 Å². The molecule has 0 atom stereocenters. The highest BCUT2D eigenvalue weighted by molar-refractivity contribution is 5.78. The molecule has 0 aliphatic heterocycles. The number of carboxylic acid groups (broad SMARTS) is 1. The topological polar surface area (TPSA) is 82.3 Å². The van der Waals surface area contributed by atoms with Gasteiger partial charge in [-0.3, -0.25) is 10.1 Å². The Labute approximate surface area is 119 Å². The first-order valence-electron chi connectivity index (χ1n) is 6.58. The van der Waals surface area contributed by atoms with Crippen LogP contribution in [0.15, 0.2) is 18.2 Å². The molecule has 0 radical (unpaired) electrons. The lowest BCUT2D eigenvalue weighted by Gasteiger charge is -2.28. The fourth-order valence-electron chi connectivity index (χ4n) is 2.09. The molecule has 0 aliphatic rings. The SMILES string of the molecule is CCC(CC)(NCc1ccc(C#N)c(OC)c1)C(=O)O. The number of methoxy groups -OCH3 is 1. The number of hydrogen-bond acceptors (Lipinski definition) is 4. The summed E-state index contributed by atoms with van der Waals surface area (Å²) in [6, 6.07) is 7.27. The molecule has 108 valence electrons. The Morgan fingerprint density at radius 1 is 1.45 bits per heavy atom. The van der Waals surface area contributed by atoms with Crippen LogP contribution in [0.3, 0.4) is 0 Å². The van der Waals surface area contributed by atoms with Crippen LogP contribution in [0.1, 0.15) is 37.8 Å². The van der Waals surface area contributed by atoms with Crippen LogP contribution >= 0.6 is 0 Å². The monoisotopic (exact) mass is 276 g/mol. The van der Waals surface area contributed by atoms with Crippen molar-refractivity contribution in [3.63, 3.8) is 0 Å². The van der Waals surface area contributed by atoms with Crippen molar-refractivity contribution in [1.82, 2.24) is 5.32 Å². The summed E-state index contributed by atoms with van der Waals surface area (Å²) >= 11 is 0. The molecule has 0 aromatic heterocycles. The maximum absolute atomic E-state index is 11.4. The molecule has 2 N–H and O–H groups in total. The Morgan fingerprint density at radius 2 is 2.10 bits per heavy atom. The minimum absolute atomic E-state index is 0.413. The molecule has 0 unspecified atom stereocenters. The molecule has 0 saturated carbocycles. The van der Waals surface area contributed by atoms with E-state index in [2.05, 4.69) is 5.32 Å². The van der Waals surface area contributed by atoms with Crippen LogP contribution in [0.4, 0.5) is 0 Å². The quantitative estimate of drug-likeness (QED) is 0.798. The van der Waals surface area contributed by atoms with E-state index in [1.54, 1.807) is 18.2 Å². The maximum atomic E-state index is 11.4. The third-order valence-corrected chi connectivity index (χ3v) is 3.63. The number of rotatable bonds is 7. The third-order valence-electron chi connectivity index (χ3n) is 3.63. The normalized spacial score (nSPS) is 10.9. The summed E-state index contributed by atoms with van der Waals surface area (Å²) in [6.45, 7) is 4.12. The Morgan fingerprint density at radius 3 is 2.55 bits per heavy atom. The highest BCUT2D eigenvalue weighted by atomic mass is 16.5. The van der Waals surface area contributed by atoms with E-state index < -0.39 is 11.5 Å². The highest BCUT2D eigenvalue weighted by Gasteiger charge is 2.33. The number of nitrogens with zero attached hydrogens (tertiary/aromatic N) is 1. The second-order valence-electron chi connectivity index (χ2n) is 4.59. The second-order valence-corrected chi connectivity index (χ2v) is 4.59. The molecular formula is C15H20N2O3. The van der Waals surface area contributed by atoms with Gasteiger partial charge in [0.15, 0.2) is 0 Å². The van der Waals surface area contributed by atoms with E-state index in [9.17, 15) is 9.90 Å². The molecule has 1 rings (SSSR count). The summed E-state index contributed by atoms with van der Waals surface area (Å²) in [7, 11) is 1.51. The largest absolute Gasteiger partial charge is 0.495 e. The van der Waals surface area contributed by atoms with Crippen molar-refractivity contribution in [2.75, 3.05) is 7.11 Å². The number of ether oxygens (including phenoxy) is 1. The van der Waals surface area contributed by atoms with Crippen molar-refractivity contribution in [3.8, 4) is 11.8 Å². The minimum Gasteiger partial charge on any atom is -0.495 e. The highest BCUT2D eigenvalue weighted by Crippen LogP contribution is 2.21. The summed E-state index contributed by atoms with van der Waals surface area (Å²) in [6.07, 6.45) is 1.01. The van der Waals surface area contributed by atoms with Crippen molar-refractivity contribution in [1.29, 1.82) is 5.26 Å². The van der Waals surface area contributed by atoms with E-state index in [1.165, 1.54) is 7.11 Å². The summed E-state index contributed by atoms with van der Waals surface area (Å²) in [5.74, 6) is -0.344. The second kappa shape index (κ2) is 6.92. The van der Waals surface area contributed by atoms with Gasteiger partial charge >= 0.3 is 5.97 Å². The van der Waals surface area contributed by atoms with Crippen molar-refractivity contribution in [3.05, 3.63) is 29.3 Å². The van der Waals surface area contributed by atoms with Crippen molar-refractivity contribution in [2.24, 2.45) is 0 Å². The lowest BCUT2D eigenvalue weighted by Crippen LogP contribution is -2.50. The van der Waals surface area contributed by atoms with Crippen LogP contribution in [-0.2, 0) is 11.3 Å². The maximum Gasteiger partial charge on any atom is 0.323 e. The number of nitrogens with one attached hydrogen (secondary N) is 1. The molecule has 0 amide bonds. The van der Waals surface area contributed by atoms with Gasteiger partial charge in [0.2, 0.25) is 0 Å². The number of benzene rings is 1. The zero-order valence-corrected chi connectivity index (χ0v) is 12.1. The van der Waals surface area contributed by atoms with Crippen molar-refractivity contribution in [2.45, 2.75) is 38.8 Å². The minimum atomic E-state index is -0.916. The Balaban J connectivity index is 2.89. The Kier molecular flexibility index (Phi) is 5.53. The van der Waals surface area contributed by atoms with E-state index in [4.69, 9.17) is 10.00 Å².